The zero-order valence-corrected chi connectivity index (χ0v) is 8.31. The summed E-state index contributed by atoms with van der Waals surface area (Å²) in [5.41, 5.74) is 2.15. The van der Waals surface area contributed by atoms with Crippen molar-refractivity contribution in [3.63, 3.8) is 0 Å². The van der Waals surface area contributed by atoms with Gasteiger partial charge in [-0.3, -0.25) is 0 Å². The molecule has 0 atom stereocenters. The summed E-state index contributed by atoms with van der Waals surface area (Å²) >= 11 is 0. The Labute approximate surface area is 83.3 Å². The minimum Gasteiger partial charge on any atom is -0.361 e. The van der Waals surface area contributed by atoms with Gasteiger partial charge in [0.1, 0.15) is 6.73 Å². The monoisotopic (exact) mass is 190 g/mol. The first-order valence-corrected chi connectivity index (χ1v) is 4.89. The lowest BCUT2D eigenvalue weighted by Gasteiger charge is -2.04. The SMILES string of the molecule is CCCOCn1cnc2ccccc21. The number of benzene rings is 1. The van der Waals surface area contributed by atoms with Gasteiger partial charge in [0.2, 0.25) is 0 Å². The first-order chi connectivity index (χ1) is 6.92. The van der Waals surface area contributed by atoms with Crippen LogP contribution in [0, 0.1) is 0 Å². The topological polar surface area (TPSA) is 27.1 Å². The minimum absolute atomic E-state index is 0.592. The van der Waals surface area contributed by atoms with Gasteiger partial charge in [-0.05, 0) is 18.6 Å². The number of hydrogen-bond donors (Lipinski definition) is 0. The molecule has 14 heavy (non-hydrogen) atoms. The van der Waals surface area contributed by atoms with Crippen LogP contribution in [0.25, 0.3) is 11.0 Å². The zero-order valence-electron chi connectivity index (χ0n) is 8.31. The number of nitrogens with zero attached hydrogens (tertiary/aromatic N) is 2. The summed E-state index contributed by atoms with van der Waals surface area (Å²) in [6.45, 7) is 3.49. The first kappa shape index (κ1) is 9.21. The minimum atomic E-state index is 0.592. The average molecular weight is 190 g/mol. The summed E-state index contributed by atoms with van der Waals surface area (Å²) in [5, 5.41) is 0. The maximum absolute atomic E-state index is 5.46. The molecule has 0 fully saturated rings. The van der Waals surface area contributed by atoms with Gasteiger partial charge in [-0.15, -0.1) is 0 Å². The van der Waals surface area contributed by atoms with Gasteiger partial charge in [-0.25, -0.2) is 4.98 Å². The van der Waals surface area contributed by atoms with Gasteiger partial charge in [0, 0.05) is 6.61 Å². The van der Waals surface area contributed by atoms with Crippen molar-refractivity contribution in [2.75, 3.05) is 6.61 Å². The molecule has 0 saturated heterocycles. The highest BCUT2D eigenvalue weighted by Gasteiger charge is 1.99. The second-order valence-corrected chi connectivity index (χ2v) is 3.24. The molecule has 0 aliphatic carbocycles. The molecular formula is C11H14N2O. The van der Waals surface area contributed by atoms with E-state index in [0.717, 1.165) is 24.1 Å². The van der Waals surface area contributed by atoms with Crippen LogP contribution in [0.4, 0.5) is 0 Å². The highest BCUT2D eigenvalue weighted by molar-refractivity contribution is 5.74. The molecule has 0 N–H and O–H groups in total. The molecule has 74 valence electrons. The predicted octanol–water partition coefficient (Wildman–Crippen LogP) is 2.42. The molecule has 1 aromatic heterocycles. The van der Waals surface area contributed by atoms with Crippen LogP contribution >= 0.6 is 0 Å². The molecule has 3 nitrogen and oxygen atoms in total. The van der Waals surface area contributed by atoms with Gasteiger partial charge < -0.3 is 9.30 Å². The van der Waals surface area contributed by atoms with Crippen molar-refractivity contribution < 1.29 is 4.74 Å². The zero-order chi connectivity index (χ0) is 9.80. The molecule has 3 heteroatoms. The third-order valence-electron chi connectivity index (χ3n) is 2.11. The van der Waals surface area contributed by atoms with Crippen molar-refractivity contribution in [1.82, 2.24) is 9.55 Å². The van der Waals surface area contributed by atoms with Crippen molar-refractivity contribution in [3.8, 4) is 0 Å². The Bertz CT molecular complexity index is 408. The Morgan fingerprint density at radius 2 is 2.21 bits per heavy atom. The molecule has 2 aromatic rings. The van der Waals surface area contributed by atoms with E-state index in [0.29, 0.717) is 6.73 Å². The summed E-state index contributed by atoms with van der Waals surface area (Å²) in [5.74, 6) is 0. The number of aromatic nitrogens is 2. The van der Waals surface area contributed by atoms with E-state index in [1.165, 1.54) is 0 Å². The van der Waals surface area contributed by atoms with E-state index in [4.69, 9.17) is 4.74 Å². The van der Waals surface area contributed by atoms with Crippen molar-refractivity contribution in [1.29, 1.82) is 0 Å². The molecular weight excluding hydrogens is 176 g/mol. The van der Waals surface area contributed by atoms with Gasteiger partial charge in [0.05, 0.1) is 17.4 Å². The molecule has 2 rings (SSSR count). The van der Waals surface area contributed by atoms with Crippen LogP contribution in [0.15, 0.2) is 30.6 Å². The van der Waals surface area contributed by atoms with Crippen molar-refractivity contribution in [3.05, 3.63) is 30.6 Å². The second-order valence-electron chi connectivity index (χ2n) is 3.24. The molecule has 0 radical (unpaired) electrons. The molecule has 1 heterocycles. The molecule has 0 aliphatic rings. The lowest BCUT2D eigenvalue weighted by atomic mass is 10.3. The average Bonchev–Trinajstić information content (AvgIpc) is 2.63. The lowest BCUT2D eigenvalue weighted by Crippen LogP contribution is -2.01. The number of imidazole rings is 1. The summed E-state index contributed by atoms with van der Waals surface area (Å²) in [6.07, 6.45) is 2.87. The Balaban J connectivity index is 2.17. The summed E-state index contributed by atoms with van der Waals surface area (Å²) in [4.78, 5) is 4.28. The van der Waals surface area contributed by atoms with E-state index < -0.39 is 0 Å². The third-order valence-corrected chi connectivity index (χ3v) is 2.11. The highest BCUT2D eigenvalue weighted by atomic mass is 16.5. The summed E-state index contributed by atoms with van der Waals surface area (Å²) in [6, 6.07) is 8.07. The van der Waals surface area contributed by atoms with Crippen LogP contribution in [0.1, 0.15) is 13.3 Å². The molecule has 0 saturated carbocycles. The smallest absolute Gasteiger partial charge is 0.124 e. The summed E-state index contributed by atoms with van der Waals surface area (Å²) in [7, 11) is 0. The van der Waals surface area contributed by atoms with Crippen LogP contribution in [-0.4, -0.2) is 16.2 Å². The normalized spacial score (nSPS) is 10.9. The van der Waals surface area contributed by atoms with Crippen LogP contribution < -0.4 is 0 Å². The maximum atomic E-state index is 5.46. The fraction of sp³-hybridized carbons (Fsp3) is 0.364. The van der Waals surface area contributed by atoms with E-state index in [1.54, 1.807) is 0 Å². The fourth-order valence-corrected chi connectivity index (χ4v) is 1.42. The van der Waals surface area contributed by atoms with Crippen LogP contribution in [0.2, 0.25) is 0 Å². The van der Waals surface area contributed by atoms with Crippen LogP contribution in [0.3, 0.4) is 0 Å². The lowest BCUT2D eigenvalue weighted by molar-refractivity contribution is 0.0800. The largest absolute Gasteiger partial charge is 0.361 e. The molecule has 1 aromatic carbocycles. The van der Waals surface area contributed by atoms with Crippen LogP contribution in [0.5, 0.6) is 0 Å². The number of rotatable bonds is 4. The number of hydrogen-bond acceptors (Lipinski definition) is 2. The highest BCUT2D eigenvalue weighted by Crippen LogP contribution is 2.11. The fourth-order valence-electron chi connectivity index (χ4n) is 1.42. The molecule has 0 spiro atoms. The number of ether oxygens (including phenoxy) is 1. The maximum Gasteiger partial charge on any atom is 0.124 e. The van der Waals surface area contributed by atoms with E-state index >= 15 is 0 Å². The Morgan fingerprint density at radius 3 is 3.07 bits per heavy atom. The van der Waals surface area contributed by atoms with Gasteiger partial charge in [-0.1, -0.05) is 19.1 Å². The quantitative estimate of drug-likeness (QED) is 0.692. The van der Waals surface area contributed by atoms with Gasteiger partial charge in [0.25, 0.3) is 0 Å². The van der Waals surface area contributed by atoms with Gasteiger partial charge >= 0.3 is 0 Å². The molecule has 0 unspecified atom stereocenters. The first-order valence-electron chi connectivity index (χ1n) is 4.89. The van der Waals surface area contributed by atoms with Gasteiger partial charge in [-0.2, -0.15) is 0 Å². The standard InChI is InChI=1S/C11H14N2O/c1-2-7-14-9-13-8-12-10-5-3-4-6-11(10)13/h3-6,8H,2,7,9H2,1H3. The molecule has 0 bridgehead atoms. The Kier molecular flexibility index (Phi) is 2.79. The van der Waals surface area contributed by atoms with E-state index in [9.17, 15) is 0 Å². The Hall–Kier alpha value is -1.35. The third kappa shape index (κ3) is 1.77. The molecule has 0 aliphatic heterocycles. The Morgan fingerprint density at radius 1 is 1.36 bits per heavy atom. The number of para-hydroxylation sites is 2. The van der Waals surface area contributed by atoms with Crippen molar-refractivity contribution in [2.24, 2.45) is 0 Å². The van der Waals surface area contributed by atoms with Gasteiger partial charge in [0.15, 0.2) is 0 Å². The predicted molar refractivity (Wildman–Crippen MR) is 56.0 cm³/mol. The van der Waals surface area contributed by atoms with Crippen LogP contribution in [-0.2, 0) is 11.5 Å². The van der Waals surface area contributed by atoms with Crippen molar-refractivity contribution in [2.45, 2.75) is 20.1 Å². The molecule has 0 amide bonds. The van der Waals surface area contributed by atoms with Crippen molar-refractivity contribution >= 4 is 11.0 Å². The number of fused-ring (bicyclic) bond motifs is 1. The van der Waals surface area contributed by atoms with E-state index in [-0.39, 0.29) is 0 Å². The second kappa shape index (κ2) is 4.24. The summed E-state index contributed by atoms with van der Waals surface area (Å²) < 4.78 is 7.48. The van der Waals surface area contributed by atoms with E-state index in [1.807, 2.05) is 29.1 Å². The van der Waals surface area contributed by atoms with E-state index in [2.05, 4.69) is 18.0 Å².